The molecule has 0 radical (unpaired) electrons. The molecule has 0 aliphatic rings. The second-order valence-corrected chi connectivity index (χ2v) is 11.5. The van der Waals surface area contributed by atoms with Crippen LogP contribution in [0.15, 0.2) is 115 Å². The Balaban J connectivity index is 0.00000272. The third-order valence-corrected chi connectivity index (χ3v) is 10.6. The Kier molecular flexibility index (Phi) is 7.84. The molecule has 0 N–H and O–H groups in total. The minimum atomic E-state index is -2.26. The molecule has 4 aromatic rings. The van der Waals surface area contributed by atoms with Gasteiger partial charge in [0, 0.05) is 10.6 Å². The summed E-state index contributed by atoms with van der Waals surface area (Å²) in [4.78, 5) is 13.8. The highest BCUT2D eigenvalue weighted by atomic mass is 79.9. The monoisotopic (exact) mass is 508 g/mol. The number of hydrogen-bond acceptors (Lipinski definition) is 1. The molecule has 0 aliphatic heterocycles. The van der Waals surface area contributed by atoms with E-state index >= 15 is 0 Å². The Morgan fingerprint density at radius 2 is 1.00 bits per heavy atom. The predicted molar refractivity (Wildman–Crippen MR) is 130 cm³/mol. The van der Waals surface area contributed by atoms with Crippen LogP contribution in [0.3, 0.4) is 0 Å². The average molecular weight is 510 g/mol. The highest BCUT2D eigenvalue weighted by Crippen LogP contribution is 2.60. The number of hydrogen-bond donors (Lipinski definition) is 0. The summed E-state index contributed by atoms with van der Waals surface area (Å²) >= 11 is 6.07. The topological polar surface area (TPSA) is 17.1 Å². The first-order valence-electron chi connectivity index (χ1n) is 9.99. The molecule has 0 bridgehead atoms. The van der Waals surface area contributed by atoms with Gasteiger partial charge >= 0.3 is 0 Å². The average Bonchev–Trinajstić information content (AvgIpc) is 2.82. The highest BCUT2D eigenvalue weighted by Gasteiger charge is 2.53. The van der Waals surface area contributed by atoms with Crippen molar-refractivity contribution in [1.29, 1.82) is 0 Å². The Hall–Kier alpha value is -2.25. The molecule has 1 atom stereocenters. The van der Waals surface area contributed by atoms with Gasteiger partial charge < -0.3 is 17.0 Å². The molecule has 0 saturated heterocycles. The van der Waals surface area contributed by atoms with Gasteiger partial charge in [0.15, 0.2) is 0 Å². The summed E-state index contributed by atoms with van der Waals surface area (Å²) in [5, 5.41) is 4.25. The molecule has 4 rings (SSSR count). The largest absolute Gasteiger partial charge is 1.00 e. The van der Waals surface area contributed by atoms with Crippen LogP contribution >= 0.6 is 18.9 Å². The number of carbonyl (C=O) groups excluding carboxylic acids is 1. The van der Waals surface area contributed by atoms with E-state index in [-0.39, 0.29) is 28.4 Å². The van der Waals surface area contributed by atoms with Crippen molar-refractivity contribution < 1.29 is 21.8 Å². The van der Waals surface area contributed by atoms with Gasteiger partial charge in [0.25, 0.3) is 0 Å². The summed E-state index contributed by atoms with van der Waals surface area (Å²) in [6.45, 7) is 2.08. The fraction of sp³-hybridized carbons (Fsp3) is 0.0741. The maximum absolute atomic E-state index is 13.8. The van der Waals surface area contributed by atoms with Crippen LogP contribution in [-0.2, 0) is 0 Å². The normalized spacial score (nSPS) is 11.9. The predicted octanol–water partition coefficient (Wildman–Crippen LogP) is 2.91. The molecular formula is C27H23BrClOP. The van der Waals surface area contributed by atoms with Gasteiger partial charge in [-0.3, -0.25) is 4.79 Å². The smallest absolute Gasteiger partial charge is 0.203 e. The van der Waals surface area contributed by atoms with Crippen molar-refractivity contribution in [2.75, 3.05) is 0 Å². The van der Waals surface area contributed by atoms with E-state index in [1.807, 2.05) is 30.3 Å². The van der Waals surface area contributed by atoms with E-state index in [2.05, 4.69) is 79.7 Å². The first-order valence-corrected chi connectivity index (χ1v) is 12.2. The summed E-state index contributed by atoms with van der Waals surface area (Å²) in [6.07, 6.45) is 0. The minimum Gasteiger partial charge on any atom is -1.00 e. The van der Waals surface area contributed by atoms with Gasteiger partial charge in [0.2, 0.25) is 5.78 Å². The van der Waals surface area contributed by atoms with Gasteiger partial charge in [-0.1, -0.05) is 66.2 Å². The Morgan fingerprint density at radius 1 is 0.645 bits per heavy atom. The van der Waals surface area contributed by atoms with Crippen LogP contribution in [0.1, 0.15) is 17.3 Å². The summed E-state index contributed by atoms with van der Waals surface area (Å²) < 4.78 is 0. The lowest BCUT2D eigenvalue weighted by Gasteiger charge is -2.32. The molecule has 0 aliphatic carbocycles. The Labute approximate surface area is 200 Å². The second-order valence-electron chi connectivity index (χ2n) is 7.28. The van der Waals surface area contributed by atoms with Gasteiger partial charge in [-0.05, 0) is 67.6 Å². The van der Waals surface area contributed by atoms with Crippen LogP contribution < -0.4 is 32.9 Å². The molecule has 0 spiro atoms. The van der Waals surface area contributed by atoms with Crippen molar-refractivity contribution in [2.45, 2.75) is 12.6 Å². The summed E-state index contributed by atoms with van der Waals surface area (Å²) in [6, 6.07) is 38.7. The number of benzene rings is 4. The molecule has 0 aromatic heterocycles. The van der Waals surface area contributed by atoms with E-state index in [9.17, 15) is 4.79 Å². The maximum Gasteiger partial charge on any atom is 0.203 e. The molecule has 1 unspecified atom stereocenters. The molecule has 1 nitrogen and oxygen atoms in total. The zero-order chi connectivity index (χ0) is 21.0. The molecule has 0 amide bonds. The van der Waals surface area contributed by atoms with Crippen molar-refractivity contribution in [3.8, 4) is 0 Å². The third kappa shape index (κ3) is 4.53. The van der Waals surface area contributed by atoms with Crippen molar-refractivity contribution >= 4 is 40.6 Å². The molecule has 0 heterocycles. The fourth-order valence-electron chi connectivity index (χ4n) is 4.14. The highest BCUT2D eigenvalue weighted by molar-refractivity contribution is 7.96. The van der Waals surface area contributed by atoms with Gasteiger partial charge in [-0.15, -0.1) is 0 Å². The van der Waals surface area contributed by atoms with Crippen molar-refractivity contribution in [2.24, 2.45) is 0 Å². The molecule has 4 heteroatoms. The molecule has 0 fully saturated rings. The zero-order valence-corrected chi connectivity index (χ0v) is 20.4. The van der Waals surface area contributed by atoms with E-state index in [0.717, 1.165) is 0 Å². The van der Waals surface area contributed by atoms with Gasteiger partial charge in [-0.25, -0.2) is 0 Å². The number of halogens is 2. The van der Waals surface area contributed by atoms with Crippen LogP contribution in [0.4, 0.5) is 0 Å². The summed E-state index contributed by atoms with van der Waals surface area (Å²) in [5.74, 6) is 0.136. The van der Waals surface area contributed by atoms with Gasteiger partial charge in [0.05, 0.1) is 0 Å². The SMILES string of the molecule is CC(C(=O)c1ccc(Cl)cc1)[P+](c1ccccc1)(c1ccccc1)c1ccccc1.[Br-]. The summed E-state index contributed by atoms with van der Waals surface area (Å²) in [7, 11) is -2.26. The van der Waals surface area contributed by atoms with Crippen LogP contribution in [0, 0.1) is 0 Å². The zero-order valence-electron chi connectivity index (χ0n) is 17.2. The van der Waals surface area contributed by atoms with Crippen molar-refractivity contribution in [3.05, 3.63) is 126 Å². The maximum atomic E-state index is 13.8. The van der Waals surface area contributed by atoms with Crippen LogP contribution in [0.2, 0.25) is 5.02 Å². The third-order valence-electron chi connectivity index (χ3n) is 5.58. The molecule has 156 valence electrons. The van der Waals surface area contributed by atoms with E-state index in [4.69, 9.17) is 11.6 Å². The lowest BCUT2D eigenvalue weighted by molar-refractivity contribution is -0.0000133. The molecule has 0 saturated carbocycles. The number of ketones is 1. The minimum absolute atomic E-state index is 0. The van der Waals surface area contributed by atoms with Gasteiger partial charge in [0.1, 0.15) is 28.8 Å². The lowest BCUT2D eigenvalue weighted by atomic mass is 10.1. The Bertz CT molecular complexity index is 1020. The number of Topliss-reactive ketones (excluding diaryl/α,β-unsaturated/α-hetero) is 1. The van der Waals surface area contributed by atoms with E-state index in [1.54, 1.807) is 12.1 Å². The van der Waals surface area contributed by atoms with Crippen LogP contribution in [0.25, 0.3) is 0 Å². The van der Waals surface area contributed by atoms with E-state index in [0.29, 0.717) is 10.6 Å². The number of carbonyl (C=O) groups is 1. The quantitative estimate of drug-likeness (QED) is 0.289. The van der Waals surface area contributed by atoms with E-state index < -0.39 is 7.26 Å². The Morgan fingerprint density at radius 3 is 1.35 bits per heavy atom. The van der Waals surface area contributed by atoms with Crippen molar-refractivity contribution in [1.82, 2.24) is 0 Å². The first-order chi connectivity index (χ1) is 14.6. The standard InChI is InChI=1S/C27H23ClOP.BrH/c1-21(27(29)22-17-19-23(28)20-18-22)30(24-11-5-2-6-12-24,25-13-7-3-8-14-25)26-15-9-4-10-16-26;/h2-21H,1H3;1H/q+1;/p-1. The van der Waals surface area contributed by atoms with Gasteiger partial charge in [-0.2, -0.15) is 0 Å². The van der Waals surface area contributed by atoms with Crippen LogP contribution in [0.5, 0.6) is 0 Å². The summed E-state index contributed by atoms with van der Waals surface area (Å²) in [5.41, 5.74) is 0.463. The van der Waals surface area contributed by atoms with Crippen molar-refractivity contribution in [3.63, 3.8) is 0 Å². The fourth-order valence-corrected chi connectivity index (χ4v) is 8.93. The van der Waals surface area contributed by atoms with E-state index in [1.165, 1.54) is 15.9 Å². The number of rotatable bonds is 6. The lowest BCUT2D eigenvalue weighted by Crippen LogP contribution is -3.00. The first kappa shape index (κ1) is 23.4. The van der Waals surface area contributed by atoms with Crippen LogP contribution in [-0.4, -0.2) is 11.4 Å². The molecular weight excluding hydrogens is 487 g/mol. The second kappa shape index (κ2) is 10.4. The molecule has 31 heavy (non-hydrogen) atoms. The molecule has 4 aromatic carbocycles.